The molecule has 0 bridgehead atoms. The first-order valence-corrected chi connectivity index (χ1v) is 8.05. The number of hydrogen-bond acceptors (Lipinski definition) is 3. The van der Waals surface area contributed by atoms with Crippen LogP contribution in [0.2, 0.25) is 5.02 Å². The molecule has 0 aliphatic carbocycles. The molecule has 0 spiro atoms. The number of amides is 1. The van der Waals surface area contributed by atoms with Crippen LogP contribution in [0, 0.1) is 5.41 Å². The van der Waals surface area contributed by atoms with Crippen LogP contribution >= 0.6 is 23.4 Å². The van der Waals surface area contributed by atoms with Gasteiger partial charge in [0.2, 0.25) is 5.91 Å². The predicted octanol–water partition coefficient (Wildman–Crippen LogP) is 3.35. The van der Waals surface area contributed by atoms with Crippen LogP contribution in [0.1, 0.15) is 26.7 Å². The van der Waals surface area contributed by atoms with Crippen molar-refractivity contribution in [3.8, 4) is 0 Å². The van der Waals surface area contributed by atoms with Crippen molar-refractivity contribution in [2.24, 2.45) is 5.41 Å². The van der Waals surface area contributed by atoms with Crippen LogP contribution in [0.15, 0.2) is 29.2 Å². The summed E-state index contributed by atoms with van der Waals surface area (Å²) in [5, 5.41) is 12.5. The fourth-order valence-corrected chi connectivity index (χ4v) is 2.57. The number of aliphatic hydroxyl groups is 1. The molecule has 1 rings (SSSR count). The highest BCUT2D eigenvalue weighted by Crippen LogP contribution is 2.22. The third-order valence-electron chi connectivity index (χ3n) is 2.96. The van der Waals surface area contributed by atoms with Crippen molar-refractivity contribution in [3.05, 3.63) is 29.3 Å². The van der Waals surface area contributed by atoms with Gasteiger partial charge in [0.05, 0.1) is 5.75 Å². The molecule has 5 heteroatoms. The van der Waals surface area contributed by atoms with E-state index in [1.165, 1.54) is 11.8 Å². The summed E-state index contributed by atoms with van der Waals surface area (Å²) in [6, 6.07) is 7.45. The number of benzene rings is 1. The van der Waals surface area contributed by atoms with Crippen molar-refractivity contribution in [1.29, 1.82) is 0 Å². The second kappa shape index (κ2) is 8.55. The lowest BCUT2D eigenvalue weighted by atomic mass is 9.88. The van der Waals surface area contributed by atoms with Gasteiger partial charge in [-0.1, -0.05) is 25.4 Å². The van der Waals surface area contributed by atoms with Crippen molar-refractivity contribution >= 4 is 29.3 Å². The van der Waals surface area contributed by atoms with Crippen LogP contribution in [0.5, 0.6) is 0 Å². The van der Waals surface area contributed by atoms with Gasteiger partial charge < -0.3 is 10.4 Å². The normalized spacial score (nSPS) is 11.4. The third-order valence-corrected chi connectivity index (χ3v) is 4.22. The molecule has 0 fully saturated rings. The number of halogens is 1. The van der Waals surface area contributed by atoms with E-state index in [2.05, 4.69) is 19.2 Å². The van der Waals surface area contributed by atoms with E-state index in [1.807, 2.05) is 24.3 Å². The Hall–Kier alpha value is -0.710. The summed E-state index contributed by atoms with van der Waals surface area (Å²) in [7, 11) is 0. The van der Waals surface area contributed by atoms with Gasteiger partial charge in [0.1, 0.15) is 0 Å². The highest BCUT2D eigenvalue weighted by Gasteiger charge is 2.18. The second-order valence-corrected chi connectivity index (χ2v) is 7.00. The van der Waals surface area contributed by atoms with Gasteiger partial charge in [0.15, 0.2) is 0 Å². The molecule has 0 aliphatic heterocycles. The van der Waals surface area contributed by atoms with Crippen LogP contribution in [-0.2, 0) is 4.79 Å². The number of carbonyl (C=O) groups excluding carboxylic acids is 1. The van der Waals surface area contributed by atoms with Crippen molar-refractivity contribution in [3.63, 3.8) is 0 Å². The van der Waals surface area contributed by atoms with Crippen LogP contribution in [0.25, 0.3) is 0 Å². The fourth-order valence-electron chi connectivity index (χ4n) is 1.71. The summed E-state index contributed by atoms with van der Waals surface area (Å²) >= 11 is 7.30. The molecule has 0 radical (unpaired) electrons. The zero-order valence-electron chi connectivity index (χ0n) is 12.0. The van der Waals surface area contributed by atoms with Gasteiger partial charge in [-0.05, 0) is 42.5 Å². The lowest BCUT2D eigenvalue weighted by Crippen LogP contribution is -2.35. The third kappa shape index (κ3) is 7.17. The monoisotopic (exact) mass is 315 g/mol. The zero-order chi connectivity index (χ0) is 15.0. The van der Waals surface area contributed by atoms with E-state index in [1.54, 1.807) is 0 Å². The van der Waals surface area contributed by atoms with Crippen LogP contribution in [0.4, 0.5) is 0 Å². The van der Waals surface area contributed by atoms with Gasteiger partial charge in [-0.15, -0.1) is 11.8 Å². The molecule has 0 aromatic heterocycles. The van der Waals surface area contributed by atoms with Crippen LogP contribution in [0.3, 0.4) is 0 Å². The van der Waals surface area contributed by atoms with Crippen LogP contribution in [-0.4, -0.2) is 29.9 Å². The number of hydrogen-bond donors (Lipinski definition) is 2. The Bertz CT molecular complexity index is 420. The molecule has 0 saturated carbocycles. The summed E-state index contributed by atoms with van der Waals surface area (Å²) in [4.78, 5) is 12.8. The molecule has 1 amide bonds. The molecule has 2 N–H and O–H groups in total. The van der Waals surface area contributed by atoms with Gasteiger partial charge in [-0.2, -0.15) is 0 Å². The van der Waals surface area contributed by atoms with Gasteiger partial charge in [-0.3, -0.25) is 4.79 Å². The molecule has 0 saturated heterocycles. The molecule has 20 heavy (non-hydrogen) atoms. The average molecular weight is 316 g/mol. The predicted molar refractivity (Wildman–Crippen MR) is 85.3 cm³/mol. The van der Waals surface area contributed by atoms with E-state index in [0.717, 1.165) is 17.7 Å². The van der Waals surface area contributed by atoms with Crippen molar-refractivity contribution in [2.75, 3.05) is 18.9 Å². The fraction of sp³-hybridized carbons (Fsp3) is 0.533. The Morgan fingerprint density at radius 1 is 1.35 bits per heavy atom. The van der Waals surface area contributed by atoms with Gasteiger partial charge in [0, 0.05) is 23.1 Å². The quantitative estimate of drug-likeness (QED) is 0.723. The highest BCUT2D eigenvalue weighted by atomic mass is 35.5. The Morgan fingerprint density at radius 2 is 2.00 bits per heavy atom. The SMILES string of the molecule is CC(C)(CCCO)CNC(=O)CSc1ccc(Cl)cc1. The molecular weight excluding hydrogens is 294 g/mol. The summed E-state index contributed by atoms with van der Waals surface area (Å²) in [5.41, 5.74) is 0.0172. The molecule has 0 heterocycles. The lowest BCUT2D eigenvalue weighted by molar-refractivity contribution is -0.119. The molecule has 112 valence electrons. The maximum Gasteiger partial charge on any atom is 0.230 e. The second-order valence-electron chi connectivity index (χ2n) is 5.51. The Morgan fingerprint density at radius 3 is 2.60 bits per heavy atom. The number of thioether (sulfide) groups is 1. The highest BCUT2D eigenvalue weighted by molar-refractivity contribution is 8.00. The lowest BCUT2D eigenvalue weighted by Gasteiger charge is -2.24. The molecule has 0 aliphatic rings. The molecule has 0 unspecified atom stereocenters. The largest absolute Gasteiger partial charge is 0.396 e. The summed E-state index contributed by atoms with van der Waals surface area (Å²) in [5.74, 6) is 0.430. The van der Waals surface area contributed by atoms with E-state index in [-0.39, 0.29) is 17.9 Å². The molecule has 1 aromatic carbocycles. The zero-order valence-corrected chi connectivity index (χ0v) is 13.6. The van der Waals surface area contributed by atoms with E-state index >= 15 is 0 Å². The van der Waals surface area contributed by atoms with Crippen molar-refractivity contribution in [2.45, 2.75) is 31.6 Å². The first-order chi connectivity index (χ1) is 9.43. The van der Waals surface area contributed by atoms with Gasteiger partial charge in [-0.25, -0.2) is 0 Å². The summed E-state index contributed by atoms with van der Waals surface area (Å²) in [6.45, 7) is 5.02. The molecular formula is C15H22ClNO2S. The molecule has 0 atom stereocenters. The number of aliphatic hydroxyl groups excluding tert-OH is 1. The number of nitrogens with one attached hydrogen (secondary N) is 1. The topological polar surface area (TPSA) is 49.3 Å². The number of rotatable bonds is 8. The average Bonchev–Trinajstić information content (AvgIpc) is 2.42. The van der Waals surface area contributed by atoms with Crippen molar-refractivity contribution in [1.82, 2.24) is 5.32 Å². The van der Waals surface area contributed by atoms with E-state index in [0.29, 0.717) is 17.3 Å². The minimum absolute atomic E-state index is 0.0172. The first kappa shape index (κ1) is 17.3. The van der Waals surface area contributed by atoms with E-state index < -0.39 is 0 Å². The minimum Gasteiger partial charge on any atom is -0.396 e. The molecule has 1 aromatic rings. The summed E-state index contributed by atoms with van der Waals surface area (Å²) in [6.07, 6.45) is 1.66. The van der Waals surface area contributed by atoms with Gasteiger partial charge in [0.25, 0.3) is 0 Å². The minimum atomic E-state index is 0.0172. The maximum atomic E-state index is 11.8. The number of carbonyl (C=O) groups is 1. The first-order valence-electron chi connectivity index (χ1n) is 6.69. The standard InChI is InChI=1S/C15H22ClNO2S/c1-15(2,8-3-9-18)11-17-14(19)10-20-13-6-4-12(16)5-7-13/h4-7,18H,3,8-11H2,1-2H3,(H,17,19). The Balaban J connectivity index is 2.28. The summed E-state index contributed by atoms with van der Waals surface area (Å²) < 4.78 is 0. The van der Waals surface area contributed by atoms with Gasteiger partial charge >= 0.3 is 0 Å². The Labute approximate surface area is 130 Å². The van der Waals surface area contributed by atoms with E-state index in [9.17, 15) is 4.79 Å². The maximum absolute atomic E-state index is 11.8. The van der Waals surface area contributed by atoms with E-state index in [4.69, 9.17) is 16.7 Å². The molecule has 3 nitrogen and oxygen atoms in total. The smallest absolute Gasteiger partial charge is 0.230 e. The van der Waals surface area contributed by atoms with Crippen LogP contribution < -0.4 is 5.32 Å². The van der Waals surface area contributed by atoms with Crippen molar-refractivity contribution < 1.29 is 9.90 Å². The Kier molecular flexibility index (Phi) is 7.41.